The Morgan fingerprint density at radius 3 is 3.00 bits per heavy atom. The molecule has 0 radical (unpaired) electrons. The molecule has 2 N–H and O–H groups in total. The summed E-state index contributed by atoms with van der Waals surface area (Å²) in [7, 11) is 0. The van der Waals surface area contributed by atoms with Gasteiger partial charge in [-0.05, 0) is 18.1 Å². The van der Waals surface area contributed by atoms with Crippen LogP contribution >= 0.6 is 0 Å². The Bertz CT molecular complexity index is 775. The number of rotatable bonds is 2. The lowest BCUT2D eigenvalue weighted by atomic mass is 10.0. The standard InChI is InChI=1S/C16H15N3O2/c20-15-14-6-3-7-19(14)16(21)13(18-15)8-10-9-17-12-5-2-1-4-11(10)12/h1-2,4-6,9,13,17H,3,7-8H2,(H,18,20)/t13-/m0/s1. The summed E-state index contributed by atoms with van der Waals surface area (Å²) < 4.78 is 0. The maximum absolute atomic E-state index is 12.5. The van der Waals surface area contributed by atoms with E-state index in [1.807, 2.05) is 36.5 Å². The maximum Gasteiger partial charge on any atom is 0.268 e. The number of piperazine rings is 1. The number of nitrogens with one attached hydrogen (secondary N) is 2. The van der Waals surface area contributed by atoms with E-state index in [1.54, 1.807) is 4.90 Å². The Labute approximate surface area is 121 Å². The second-order valence-electron chi connectivity index (χ2n) is 5.46. The molecule has 106 valence electrons. The van der Waals surface area contributed by atoms with Crippen molar-refractivity contribution < 1.29 is 9.59 Å². The summed E-state index contributed by atoms with van der Waals surface area (Å²) in [4.78, 5) is 29.3. The molecule has 0 aliphatic carbocycles. The molecule has 1 aromatic heterocycles. The van der Waals surface area contributed by atoms with Crippen LogP contribution in [0.25, 0.3) is 10.9 Å². The minimum absolute atomic E-state index is 0.0105. The number of fused-ring (bicyclic) bond motifs is 2. The van der Waals surface area contributed by atoms with Crippen LogP contribution in [0.3, 0.4) is 0 Å². The Morgan fingerprint density at radius 2 is 2.10 bits per heavy atom. The van der Waals surface area contributed by atoms with Crippen LogP contribution in [0.5, 0.6) is 0 Å². The first-order chi connectivity index (χ1) is 10.2. The number of amides is 2. The van der Waals surface area contributed by atoms with Crippen LogP contribution in [0.15, 0.2) is 42.2 Å². The summed E-state index contributed by atoms with van der Waals surface area (Å²) in [5.41, 5.74) is 2.61. The van der Waals surface area contributed by atoms with Gasteiger partial charge in [-0.2, -0.15) is 0 Å². The summed E-state index contributed by atoms with van der Waals surface area (Å²) in [6.07, 6.45) is 5.02. The molecule has 3 heterocycles. The number of para-hydroxylation sites is 1. The molecule has 2 aromatic rings. The van der Waals surface area contributed by atoms with Gasteiger partial charge in [0.05, 0.1) is 0 Å². The SMILES string of the molecule is O=C1N[C@@H](Cc2c[nH]c3ccccc23)C(=O)N2CCC=C12. The number of H-pyrrole nitrogens is 1. The van der Waals surface area contributed by atoms with Crippen molar-refractivity contribution >= 4 is 22.7 Å². The summed E-state index contributed by atoms with van der Waals surface area (Å²) in [5.74, 6) is -0.152. The lowest BCUT2D eigenvalue weighted by molar-refractivity contribution is -0.139. The van der Waals surface area contributed by atoms with Gasteiger partial charge in [-0.15, -0.1) is 0 Å². The van der Waals surface area contributed by atoms with Gasteiger partial charge in [-0.1, -0.05) is 24.3 Å². The predicted molar refractivity (Wildman–Crippen MR) is 78.3 cm³/mol. The Kier molecular flexibility index (Phi) is 2.60. The predicted octanol–water partition coefficient (Wildman–Crippen LogP) is 1.32. The number of carbonyl (C=O) groups is 2. The molecule has 0 unspecified atom stereocenters. The average Bonchev–Trinajstić information content (AvgIpc) is 3.12. The van der Waals surface area contributed by atoms with E-state index < -0.39 is 6.04 Å². The number of carbonyl (C=O) groups excluding carboxylic acids is 2. The molecule has 1 saturated heterocycles. The van der Waals surface area contributed by atoms with Crippen LogP contribution < -0.4 is 5.32 Å². The molecule has 2 aliphatic rings. The second-order valence-corrected chi connectivity index (χ2v) is 5.46. The molecule has 0 saturated carbocycles. The third-order valence-electron chi connectivity index (χ3n) is 4.18. The van der Waals surface area contributed by atoms with Crippen molar-refractivity contribution in [3.05, 3.63) is 47.8 Å². The Balaban J connectivity index is 1.64. The molecule has 1 fully saturated rings. The van der Waals surface area contributed by atoms with Crippen molar-refractivity contribution in [2.45, 2.75) is 18.9 Å². The van der Waals surface area contributed by atoms with Gasteiger partial charge in [0.2, 0.25) is 5.91 Å². The lowest BCUT2D eigenvalue weighted by Crippen LogP contribution is -2.56. The van der Waals surface area contributed by atoms with Crippen LogP contribution in [-0.2, 0) is 16.0 Å². The number of aromatic nitrogens is 1. The number of benzene rings is 1. The molecule has 0 bridgehead atoms. The van der Waals surface area contributed by atoms with Crippen molar-refractivity contribution in [3.8, 4) is 0 Å². The highest BCUT2D eigenvalue weighted by Crippen LogP contribution is 2.24. The van der Waals surface area contributed by atoms with Crippen LogP contribution in [-0.4, -0.2) is 34.3 Å². The van der Waals surface area contributed by atoms with Crippen LogP contribution in [0.2, 0.25) is 0 Å². The molecular formula is C16H15N3O2. The first-order valence-electron chi connectivity index (χ1n) is 7.11. The molecule has 2 aliphatic heterocycles. The minimum atomic E-state index is -0.480. The van der Waals surface area contributed by atoms with Gasteiger partial charge >= 0.3 is 0 Å². The zero-order valence-electron chi connectivity index (χ0n) is 11.4. The van der Waals surface area contributed by atoms with Gasteiger partial charge < -0.3 is 15.2 Å². The van der Waals surface area contributed by atoms with E-state index in [0.717, 1.165) is 22.9 Å². The summed E-state index contributed by atoms with van der Waals surface area (Å²) >= 11 is 0. The lowest BCUT2D eigenvalue weighted by Gasteiger charge is -2.31. The third kappa shape index (κ3) is 1.85. The van der Waals surface area contributed by atoms with E-state index in [-0.39, 0.29) is 11.8 Å². The van der Waals surface area contributed by atoms with E-state index >= 15 is 0 Å². The molecular weight excluding hydrogens is 266 g/mol. The molecule has 0 spiro atoms. The number of nitrogens with zero attached hydrogens (tertiary/aromatic N) is 1. The number of hydrogen-bond acceptors (Lipinski definition) is 2. The first kappa shape index (κ1) is 12.2. The fourth-order valence-electron chi connectivity index (χ4n) is 3.15. The zero-order chi connectivity index (χ0) is 14.4. The van der Waals surface area contributed by atoms with Gasteiger partial charge in [0.25, 0.3) is 5.91 Å². The van der Waals surface area contributed by atoms with Crippen LogP contribution in [0, 0.1) is 0 Å². The largest absolute Gasteiger partial charge is 0.361 e. The zero-order valence-corrected chi connectivity index (χ0v) is 11.4. The third-order valence-corrected chi connectivity index (χ3v) is 4.18. The van der Waals surface area contributed by atoms with E-state index in [1.165, 1.54) is 0 Å². The highest BCUT2D eigenvalue weighted by atomic mass is 16.2. The molecule has 1 atom stereocenters. The molecule has 5 nitrogen and oxygen atoms in total. The van der Waals surface area contributed by atoms with Crippen molar-refractivity contribution in [2.24, 2.45) is 0 Å². The summed E-state index contributed by atoms with van der Waals surface area (Å²) in [6.45, 7) is 0.617. The van der Waals surface area contributed by atoms with Crippen molar-refractivity contribution in [1.82, 2.24) is 15.2 Å². The van der Waals surface area contributed by atoms with Crippen LogP contribution in [0.4, 0.5) is 0 Å². The maximum atomic E-state index is 12.5. The van der Waals surface area contributed by atoms with Crippen molar-refractivity contribution in [3.63, 3.8) is 0 Å². The van der Waals surface area contributed by atoms with E-state index in [9.17, 15) is 9.59 Å². The molecule has 4 rings (SSSR count). The quantitative estimate of drug-likeness (QED) is 0.872. The van der Waals surface area contributed by atoms with Gasteiger partial charge in [0.15, 0.2) is 0 Å². The molecule has 5 heteroatoms. The number of hydrogen-bond donors (Lipinski definition) is 2. The summed E-state index contributed by atoms with van der Waals surface area (Å²) in [6, 6.07) is 7.49. The minimum Gasteiger partial charge on any atom is -0.361 e. The van der Waals surface area contributed by atoms with E-state index in [2.05, 4.69) is 10.3 Å². The highest BCUT2D eigenvalue weighted by Gasteiger charge is 2.38. The average molecular weight is 281 g/mol. The van der Waals surface area contributed by atoms with Gasteiger partial charge in [0, 0.05) is 30.1 Å². The monoisotopic (exact) mass is 281 g/mol. The fraction of sp³-hybridized carbons (Fsp3) is 0.250. The van der Waals surface area contributed by atoms with Gasteiger partial charge in [0.1, 0.15) is 11.7 Å². The summed E-state index contributed by atoms with van der Waals surface area (Å²) in [5, 5.41) is 3.93. The second kappa shape index (κ2) is 4.48. The van der Waals surface area contributed by atoms with Gasteiger partial charge in [-0.3, -0.25) is 9.59 Å². The topological polar surface area (TPSA) is 65.2 Å². The molecule has 2 amide bonds. The first-order valence-corrected chi connectivity index (χ1v) is 7.11. The fourth-order valence-corrected chi connectivity index (χ4v) is 3.15. The van der Waals surface area contributed by atoms with Gasteiger partial charge in [-0.25, -0.2) is 0 Å². The van der Waals surface area contributed by atoms with E-state index in [4.69, 9.17) is 0 Å². The smallest absolute Gasteiger partial charge is 0.268 e. The van der Waals surface area contributed by atoms with Crippen LogP contribution in [0.1, 0.15) is 12.0 Å². The van der Waals surface area contributed by atoms with E-state index in [0.29, 0.717) is 18.7 Å². The number of aromatic amines is 1. The molecule has 21 heavy (non-hydrogen) atoms. The highest BCUT2D eigenvalue weighted by molar-refractivity contribution is 6.05. The van der Waals surface area contributed by atoms with Crippen molar-refractivity contribution in [2.75, 3.05) is 6.54 Å². The Morgan fingerprint density at radius 1 is 1.24 bits per heavy atom. The molecule has 1 aromatic carbocycles. The van der Waals surface area contributed by atoms with Crippen molar-refractivity contribution in [1.29, 1.82) is 0 Å². The Hall–Kier alpha value is -2.56. The normalized spacial score (nSPS) is 21.4.